The fourth-order valence-electron chi connectivity index (χ4n) is 2.48. The molecular weight excluding hydrogens is 229 g/mol. The van der Waals surface area contributed by atoms with Crippen LogP contribution in [0.2, 0.25) is 0 Å². The van der Waals surface area contributed by atoms with E-state index in [1.807, 2.05) is 0 Å². The van der Waals surface area contributed by atoms with E-state index in [-0.39, 0.29) is 6.04 Å². The Balaban J connectivity index is 2.39. The molecule has 102 valence electrons. The maximum absolute atomic E-state index is 12.3. The van der Waals surface area contributed by atoms with Gasteiger partial charge in [0.15, 0.2) is 0 Å². The summed E-state index contributed by atoms with van der Waals surface area (Å²) in [5.41, 5.74) is 0. The highest BCUT2D eigenvalue weighted by Crippen LogP contribution is 2.21. The Morgan fingerprint density at radius 2 is 2.00 bits per heavy atom. The number of nitrogens with one attached hydrogen (secondary N) is 1. The van der Waals surface area contributed by atoms with E-state index in [4.69, 9.17) is 0 Å². The minimum Gasteiger partial charge on any atom is -0.313 e. The fourth-order valence-corrected chi connectivity index (χ4v) is 2.48. The third kappa shape index (κ3) is 5.73. The molecule has 1 N–H and O–H groups in total. The molecule has 1 aliphatic rings. The second kappa shape index (κ2) is 6.59. The highest BCUT2D eigenvalue weighted by atomic mass is 19.4. The maximum atomic E-state index is 12.3. The fraction of sp³-hybridized carbons (Fsp3) is 1.00. The lowest BCUT2D eigenvalue weighted by Gasteiger charge is -2.33. The molecule has 1 saturated heterocycles. The Labute approximate surface area is 102 Å². The van der Waals surface area contributed by atoms with Gasteiger partial charge in [0, 0.05) is 12.6 Å². The minimum atomic E-state index is -4.09. The van der Waals surface area contributed by atoms with Crippen molar-refractivity contribution in [1.82, 2.24) is 10.2 Å². The summed E-state index contributed by atoms with van der Waals surface area (Å²) in [7, 11) is 0. The van der Waals surface area contributed by atoms with Crippen molar-refractivity contribution >= 4 is 0 Å². The average molecular weight is 252 g/mol. The first-order valence-electron chi connectivity index (χ1n) is 6.47. The van der Waals surface area contributed by atoms with Crippen LogP contribution in [0, 0.1) is 5.92 Å². The predicted octanol–water partition coefficient (Wildman–Crippen LogP) is 2.65. The normalized spacial score (nSPS) is 26.5. The van der Waals surface area contributed by atoms with Crippen LogP contribution in [0.25, 0.3) is 0 Å². The zero-order valence-corrected chi connectivity index (χ0v) is 10.7. The van der Waals surface area contributed by atoms with Gasteiger partial charge in [-0.3, -0.25) is 4.90 Å². The van der Waals surface area contributed by atoms with Crippen LogP contribution < -0.4 is 5.32 Å². The summed E-state index contributed by atoms with van der Waals surface area (Å²) in [6.45, 7) is 5.04. The molecule has 5 heteroatoms. The molecule has 0 spiro atoms. The zero-order chi connectivity index (χ0) is 12.9. The molecule has 0 amide bonds. The van der Waals surface area contributed by atoms with Crippen LogP contribution in [-0.2, 0) is 0 Å². The van der Waals surface area contributed by atoms with Crippen molar-refractivity contribution < 1.29 is 13.2 Å². The molecule has 0 aromatic heterocycles. The van der Waals surface area contributed by atoms with Gasteiger partial charge in [0.05, 0.1) is 6.54 Å². The summed E-state index contributed by atoms with van der Waals surface area (Å²) in [5.74, 6) is 0.672. The van der Waals surface area contributed by atoms with E-state index in [1.54, 1.807) is 6.92 Å². The first-order chi connectivity index (χ1) is 7.94. The Kier molecular flexibility index (Phi) is 5.73. The van der Waals surface area contributed by atoms with Crippen molar-refractivity contribution in [3.63, 3.8) is 0 Å². The van der Waals surface area contributed by atoms with Crippen LogP contribution >= 0.6 is 0 Å². The molecule has 0 aliphatic carbocycles. The van der Waals surface area contributed by atoms with E-state index in [1.165, 1.54) is 4.90 Å². The molecule has 0 bridgehead atoms. The Morgan fingerprint density at radius 3 is 2.53 bits per heavy atom. The third-order valence-electron chi connectivity index (χ3n) is 3.51. The summed E-state index contributed by atoms with van der Waals surface area (Å²) in [4.78, 5) is 1.48. The van der Waals surface area contributed by atoms with Gasteiger partial charge in [-0.1, -0.05) is 20.3 Å². The van der Waals surface area contributed by atoms with Crippen molar-refractivity contribution in [2.75, 3.05) is 26.2 Å². The highest BCUT2D eigenvalue weighted by Gasteiger charge is 2.31. The molecule has 1 aliphatic heterocycles. The molecule has 1 heterocycles. The van der Waals surface area contributed by atoms with E-state index < -0.39 is 12.7 Å². The summed E-state index contributed by atoms with van der Waals surface area (Å²) < 4.78 is 37.0. The Morgan fingerprint density at radius 1 is 1.29 bits per heavy atom. The quantitative estimate of drug-likeness (QED) is 0.809. The molecule has 17 heavy (non-hydrogen) atoms. The lowest BCUT2D eigenvalue weighted by molar-refractivity contribution is -0.146. The number of nitrogens with zero attached hydrogens (tertiary/aromatic N) is 1. The first-order valence-corrected chi connectivity index (χ1v) is 6.47. The van der Waals surface area contributed by atoms with Crippen LogP contribution in [0.4, 0.5) is 13.2 Å². The average Bonchev–Trinajstić information content (AvgIpc) is 2.26. The van der Waals surface area contributed by atoms with E-state index in [0.717, 1.165) is 25.8 Å². The van der Waals surface area contributed by atoms with E-state index >= 15 is 0 Å². The van der Waals surface area contributed by atoms with Gasteiger partial charge in [-0.25, -0.2) is 0 Å². The Hall–Kier alpha value is -0.290. The summed E-state index contributed by atoms with van der Waals surface area (Å²) in [6, 6.07) is 0.219. The molecule has 2 nitrogen and oxygen atoms in total. The summed E-state index contributed by atoms with van der Waals surface area (Å²) in [6.07, 6.45) is -0.804. The second-order valence-corrected chi connectivity index (χ2v) is 4.89. The van der Waals surface area contributed by atoms with Gasteiger partial charge in [-0.2, -0.15) is 13.2 Å². The van der Waals surface area contributed by atoms with Crippen molar-refractivity contribution in [3.8, 4) is 0 Å². The largest absolute Gasteiger partial charge is 0.401 e. The summed E-state index contributed by atoms with van der Waals surface area (Å²) in [5, 5.41) is 3.32. The summed E-state index contributed by atoms with van der Waals surface area (Å²) >= 11 is 0. The molecule has 2 unspecified atom stereocenters. The van der Waals surface area contributed by atoms with Crippen molar-refractivity contribution in [1.29, 1.82) is 0 Å². The first kappa shape index (κ1) is 14.8. The number of rotatable bonds is 5. The number of hydrogen-bond acceptors (Lipinski definition) is 2. The van der Waals surface area contributed by atoms with Crippen LogP contribution in [0.3, 0.4) is 0 Å². The standard InChI is InChI=1S/C12H23F3N2/c1-3-10-5-6-16-11(7-10)8-17(4-2)9-12(13,14)15/h10-11,16H,3-9H2,1-2H3. The molecule has 2 atom stereocenters. The van der Waals surface area contributed by atoms with Gasteiger partial charge in [-0.05, 0) is 31.8 Å². The SMILES string of the molecule is CCC1CCNC(CN(CC)CC(F)(F)F)C1. The lowest BCUT2D eigenvalue weighted by Crippen LogP contribution is -2.47. The van der Waals surface area contributed by atoms with Crippen LogP contribution in [0.15, 0.2) is 0 Å². The second-order valence-electron chi connectivity index (χ2n) is 4.89. The zero-order valence-electron chi connectivity index (χ0n) is 10.7. The van der Waals surface area contributed by atoms with Crippen LogP contribution in [-0.4, -0.2) is 43.3 Å². The molecule has 1 rings (SSSR count). The molecule has 0 aromatic rings. The van der Waals surface area contributed by atoms with Crippen molar-refractivity contribution in [3.05, 3.63) is 0 Å². The van der Waals surface area contributed by atoms with E-state index in [9.17, 15) is 13.2 Å². The van der Waals surface area contributed by atoms with Gasteiger partial charge in [0.1, 0.15) is 0 Å². The van der Waals surface area contributed by atoms with Crippen LogP contribution in [0.1, 0.15) is 33.1 Å². The van der Waals surface area contributed by atoms with Gasteiger partial charge in [0.25, 0.3) is 0 Å². The highest BCUT2D eigenvalue weighted by molar-refractivity contribution is 4.81. The van der Waals surface area contributed by atoms with Crippen LogP contribution in [0.5, 0.6) is 0 Å². The number of piperidine rings is 1. The van der Waals surface area contributed by atoms with E-state index in [0.29, 0.717) is 19.0 Å². The topological polar surface area (TPSA) is 15.3 Å². The number of hydrogen-bond donors (Lipinski definition) is 1. The van der Waals surface area contributed by atoms with Gasteiger partial charge in [0.2, 0.25) is 0 Å². The molecular formula is C12H23F3N2. The van der Waals surface area contributed by atoms with Gasteiger partial charge < -0.3 is 5.32 Å². The number of likely N-dealkylation sites (N-methyl/N-ethyl adjacent to an activating group) is 1. The minimum absolute atomic E-state index is 0.219. The monoisotopic (exact) mass is 252 g/mol. The lowest BCUT2D eigenvalue weighted by atomic mass is 9.90. The van der Waals surface area contributed by atoms with Crippen molar-refractivity contribution in [2.45, 2.75) is 45.3 Å². The molecule has 0 radical (unpaired) electrons. The smallest absolute Gasteiger partial charge is 0.313 e. The molecule has 1 fully saturated rings. The number of alkyl halides is 3. The van der Waals surface area contributed by atoms with E-state index in [2.05, 4.69) is 12.2 Å². The van der Waals surface area contributed by atoms with Crippen molar-refractivity contribution in [2.24, 2.45) is 5.92 Å². The maximum Gasteiger partial charge on any atom is 0.401 e. The Bertz CT molecular complexity index is 218. The molecule has 0 saturated carbocycles. The van der Waals surface area contributed by atoms with Gasteiger partial charge >= 0.3 is 6.18 Å². The van der Waals surface area contributed by atoms with Gasteiger partial charge in [-0.15, -0.1) is 0 Å². The molecule has 0 aromatic carbocycles. The predicted molar refractivity (Wildman–Crippen MR) is 63.0 cm³/mol. The third-order valence-corrected chi connectivity index (χ3v) is 3.51. The number of halogens is 3.